The molecule has 150 valence electrons. The van der Waals surface area contributed by atoms with Crippen molar-refractivity contribution in [3.05, 3.63) is 58.4 Å². The first kappa shape index (κ1) is 19.9. The summed E-state index contributed by atoms with van der Waals surface area (Å²) in [5.74, 6) is 0.179. The van der Waals surface area contributed by atoms with E-state index < -0.39 is 11.5 Å². The van der Waals surface area contributed by atoms with Crippen LogP contribution in [-0.4, -0.2) is 25.5 Å². The van der Waals surface area contributed by atoms with Gasteiger partial charge in [-0.25, -0.2) is 4.79 Å². The zero-order chi connectivity index (χ0) is 21.0. The molecule has 1 heterocycles. The number of ether oxygens (including phenoxy) is 2. The van der Waals surface area contributed by atoms with Crippen LogP contribution < -0.4 is 25.7 Å². The highest BCUT2D eigenvalue weighted by atomic mass is 16.5. The van der Waals surface area contributed by atoms with Crippen molar-refractivity contribution in [1.82, 2.24) is 0 Å². The van der Waals surface area contributed by atoms with Crippen LogP contribution in [0.5, 0.6) is 11.5 Å². The van der Waals surface area contributed by atoms with Crippen molar-refractivity contribution in [3.8, 4) is 11.5 Å². The Bertz CT molecular complexity index is 1140. The molecule has 0 aliphatic heterocycles. The second-order valence-corrected chi connectivity index (χ2v) is 6.34. The lowest BCUT2D eigenvalue weighted by atomic mass is 10.1. The number of amides is 2. The standard InChI is InChI=1S/C21H20N2O6/c1-12-8-21(26)29-19-10-15(5-6-16(12)19)28-11-20(25)23-17-9-14(22-13(2)24)4-7-18(17)27-3/h4-10H,11H2,1-3H3,(H,22,24)(H,23,25). The molecule has 0 fully saturated rings. The van der Waals surface area contributed by atoms with Crippen LogP contribution in [0.25, 0.3) is 11.0 Å². The number of hydrogen-bond acceptors (Lipinski definition) is 6. The van der Waals surface area contributed by atoms with E-state index in [0.29, 0.717) is 28.5 Å². The van der Waals surface area contributed by atoms with Crippen molar-refractivity contribution in [2.45, 2.75) is 13.8 Å². The highest BCUT2D eigenvalue weighted by Gasteiger charge is 2.11. The van der Waals surface area contributed by atoms with Crippen LogP contribution >= 0.6 is 0 Å². The highest BCUT2D eigenvalue weighted by Crippen LogP contribution is 2.28. The predicted molar refractivity (Wildman–Crippen MR) is 109 cm³/mol. The predicted octanol–water partition coefficient (Wildman–Crippen LogP) is 3.09. The maximum absolute atomic E-state index is 12.3. The van der Waals surface area contributed by atoms with Gasteiger partial charge in [0.15, 0.2) is 6.61 Å². The summed E-state index contributed by atoms with van der Waals surface area (Å²) in [5, 5.41) is 6.12. The molecule has 0 aliphatic rings. The van der Waals surface area contributed by atoms with E-state index in [1.807, 2.05) is 6.92 Å². The van der Waals surface area contributed by atoms with Crippen LogP contribution in [0.2, 0.25) is 0 Å². The Kier molecular flexibility index (Phi) is 5.82. The SMILES string of the molecule is COc1ccc(NC(C)=O)cc1NC(=O)COc1ccc2c(C)cc(=O)oc2c1. The molecule has 8 heteroatoms. The number of rotatable bonds is 6. The minimum atomic E-state index is -0.448. The van der Waals surface area contributed by atoms with E-state index in [1.54, 1.807) is 36.4 Å². The van der Waals surface area contributed by atoms with Gasteiger partial charge in [-0.1, -0.05) is 0 Å². The van der Waals surface area contributed by atoms with E-state index >= 15 is 0 Å². The number of nitrogens with one attached hydrogen (secondary N) is 2. The maximum atomic E-state index is 12.3. The number of benzene rings is 2. The van der Waals surface area contributed by atoms with E-state index in [0.717, 1.165) is 10.9 Å². The molecule has 0 radical (unpaired) electrons. The third-order valence-electron chi connectivity index (χ3n) is 4.09. The number of fused-ring (bicyclic) bond motifs is 1. The van der Waals surface area contributed by atoms with Crippen LogP contribution in [0, 0.1) is 6.92 Å². The monoisotopic (exact) mass is 396 g/mol. The number of hydrogen-bond donors (Lipinski definition) is 2. The van der Waals surface area contributed by atoms with Crippen molar-refractivity contribution in [2.75, 3.05) is 24.4 Å². The Morgan fingerprint density at radius 3 is 2.59 bits per heavy atom. The molecule has 0 spiro atoms. The Balaban J connectivity index is 1.70. The minimum Gasteiger partial charge on any atom is -0.495 e. The van der Waals surface area contributed by atoms with Gasteiger partial charge in [0.25, 0.3) is 5.91 Å². The molecule has 29 heavy (non-hydrogen) atoms. The van der Waals surface area contributed by atoms with Crippen LogP contribution in [0.15, 0.2) is 51.7 Å². The quantitative estimate of drug-likeness (QED) is 0.620. The van der Waals surface area contributed by atoms with Gasteiger partial charge in [0.1, 0.15) is 17.1 Å². The van der Waals surface area contributed by atoms with Gasteiger partial charge in [0, 0.05) is 30.1 Å². The van der Waals surface area contributed by atoms with E-state index in [1.165, 1.54) is 20.1 Å². The molecule has 0 saturated heterocycles. The first-order valence-electron chi connectivity index (χ1n) is 8.78. The lowest BCUT2D eigenvalue weighted by Crippen LogP contribution is -2.20. The van der Waals surface area contributed by atoms with Gasteiger partial charge in [-0.2, -0.15) is 0 Å². The van der Waals surface area contributed by atoms with Crippen molar-refractivity contribution < 1.29 is 23.5 Å². The molecule has 8 nitrogen and oxygen atoms in total. The molecule has 0 aliphatic carbocycles. The van der Waals surface area contributed by atoms with E-state index in [2.05, 4.69) is 10.6 Å². The van der Waals surface area contributed by atoms with E-state index in [-0.39, 0.29) is 12.5 Å². The summed E-state index contributed by atoms with van der Waals surface area (Å²) in [6.07, 6.45) is 0. The molecule has 0 bridgehead atoms. The molecule has 2 N–H and O–H groups in total. The Morgan fingerprint density at radius 2 is 1.86 bits per heavy atom. The van der Waals surface area contributed by atoms with E-state index in [4.69, 9.17) is 13.9 Å². The summed E-state index contributed by atoms with van der Waals surface area (Å²) in [7, 11) is 1.48. The molecule has 3 rings (SSSR count). The molecule has 0 saturated carbocycles. The third-order valence-corrected chi connectivity index (χ3v) is 4.09. The van der Waals surface area contributed by atoms with Crippen LogP contribution in [0.3, 0.4) is 0 Å². The van der Waals surface area contributed by atoms with Crippen LogP contribution in [-0.2, 0) is 9.59 Å². The van der Waals surface area contributed by atoms with Crippen molar-refractivity contribution >= 4 is 34.2 Å². The van der Waals surface area contributed by atoms with Gasteiger partial charge in [-0.05, 0) is 42.8 Å². The molecule has 2 aromatic carbocycles. The Labute approximate surface area is 166 Å². The summed E-state index contributed by atoms with van der Waals surface area (Å²) >= 11 is 0. The van der Waals surface area contributed by atoms with Crippen molar-refractivity contribution in [2.24, 2.45) is 0 Å². The molecule has 1 aromatic heterocycles. The lowest BCUT2D eigenvalue weighted by Gasteiger charge is -2.13. The summed E-state index contributed by atoms with van der Waals surface area (Å²) < 4.78 is 15.9. The number of methoxy groups -OCH3 is 1. The second-order valence-electron chi connectivity index (χ2n) is 6.34. The molecular weight excluding hydrogens is 376 g/mol. The topological polar surface area (TPSA) is 107 Å². The molecule has 0 atom stereocenters. The van der Waals surface area contributed by atoms with Gasteiger partial charge in [-0.3, -0.25) is 9.59 Å². The number of carbonyl (C=O) groups is 2. The van der Waals surface area contributed by atoms with Crippen molar-refractivity contribution in [3.63, 3.8) is 0 Å². The second kappa shape index (κ2) is 8.47. The van der Waals surface area contributed by atoms with Gasteiger partial charge in [0.2, 0.25) is 5.91 Å². The van der Waals surface area contributed by atoms with Gasteiger partial charge in [0.05, 0.1) is 12.8 Å². The van der Waals surface area contributed by atoms with Crippen LogP contribution in [0.4, 0.5) is 11.4 Å². The lowest BCUT2D eigenvalue weighted by molar-refractivity contribution is -0.118. The fourth-order valence-electron chi connectivity index (χ4n) is 2.82. The van der Waals surface area contributed by atoms with Gasteiger partial charge in [-0.15, -0.1) is 0 Å². The summed E-state index contributed by atoms with van der Waals surface area (Å²) in [4.78, 5) is 35.1. The molecule has 2 amide bonds. The Hall–Kier alpha value is -3.81. The fourth-order valence-corrected chi connectivity index (χ4v) is 2.82. The van der Waals surface area contributed by atoms with Crippen molar-refractivity contribution in [1.29, 1.82) is 0 Å². The fraction of sp³-hybridized carbons (Fsp3) is 0.190. The maximum Gasteiger partial charge on any atom is 0.336 e. The largest absolute Gasteiger partial charge is 0.495 e. The molecule has 3 aromatic rings. The minimum absolute atomic E-state index is 0.228. The zero-order valence-electron chi connectivity index (χ0n) is 16.2. The Morgan fingerprint density at radius 1 is 1.07 bits per heavy atom. The third kappa shape index (κ3) is 4.92. The first-order valence-corrected chi connectivity index (χ1v) is 8.78. The van der Waals surface area contributed by atoms with Gasteiger partial charge < -0.3 is 24.5 Å². The summed E-state index contributed by atoms with van der Waals surface area (Å²) in [6.45, 7) is 2.94. The zero-order valence-corrected chi connectivity index (χ0v) is 16.2. The average Bonchev–Trinajstić information content (AvgIpc) is 2.65. The first-order chi connectivity index (χ1) is 13.9. The number of aryl methyl sites for hydroxylation is 1. The number of carbonyl (C=O) groups excluding carboxylic acids is 2. The van der Waals surface area contributed by atoms with Gasteiger partial charge >= 0.3 is 5.63 Å². The normalized spacial score (nSPS) is 10.4. The highest BCUT2D eigenvalue weighted by molar-refractivity contribution is 5.95. The van der Waals surface area contributed by atoms with Crippen LogP contribution in [0.1, 0.15) is 12.5 Å². The average molecular weight is 396 g/mol. The van der Waals surface area contributed by atoms with E-state index in [9.17, 15) is 14.4 Å². The summed E-state index contributed by atoms with van der Waals surface area (Å²) in [6, 6.07) is 11.3. The molecule has 0 unspecified atom stereocenters. The summed E-state index contributed by atoms with van der Waals surface area (Å²) in [5.41, 5.74) is 1.65. The molecular formula is C21H20N2O6. The smallest absolute Gasteiger partial charge is 0.336 e. The number of anilines is 2.